The maximum atomic E-state index is 6.05. The largest absolute Gasteiger partial charge is 0.328 e. The third kappa shape index (κ3) is 2.39. The van der Waals surface area contributed by atoms with E-state index >= 15 is 0 Å². The maximum Gasteiger partial charge on any atom is 0.0362 e. The van der Waals surface area contributed by atoms with Crippen molar-refractivity contribution in [3.8, 4) is 0 Å². The second-order valence-corrected chi connectivity index (χ2v) is 4.34. The number of nitrogens with two attached hydrogens (primary N) is 1. The summed E-state index contributed by atoms with van der Waals surface area (Å²) in [5.74, 6) is 0. The molecule has 2 N–H and O–H groups in total. The summed E-state index contributed by atoms with van der Waals surface area (Å²) in [7, 11) is 0. The van der Waals surface area contributed by atoms with Crippen molar-refractivity contribution >= 4 is 0 Å². The molecule has 2 atom stereocenters. The van der Waals surface area contributed by atoms with Crippen LogP contribution in [0.25, 0.3) is 0 Å². The number of nitrogens with zero attached hydrogens (tertiary/aromatic N) is 1. The molecule has 0 aromatic heterocycles. The first-order valence-corrected chi connectivity index (χ1v) is 5.86. The first-order chi connectivity index (χ1) is 7.31. The Labute approximate surface area is 92.1 Å². The minimum Gasteiger partial charge on any atom is -0.328 e. The van der Waals surface area contributed by atoms with E-state index in [0.29, 0.717) is 12.1 Å². The van der Waals surface area contributed by atoms with Crippen molar-refractivity contribution in [1.82, 2.24) is 4.90 Å². The lowest BCUT2D eigenvalue weighted by atomic mass is 9.92. The number of benzene rings is 1. The van der Waals surface area contributed by atoms with Crippen molar-refractivity contribution in [2.45, 2.75) is 31.8 Å². The second-order valence-electron chi connectivity index (χ2n) is 4.34. The van der Waals surface area contributed by atoms with Crippen molar-refractivity contribution in [3.63, 3.8) is 0 Å². The van der Waals surface area contributed by atoms with Gasteiger partial charge in [-0.3, -0.25) is 4.90 Å². The molecule has 2 heteroatoms. The average Bonchev–Trinajstić information content (AvgIpc) is 2.30. The minimum absolute atomic E-state index is 0.373. The van der Waals surface area contributed by atoms with E-state index in [4.69, 9.17) is 5.73 Å². The molecular weight excluding hydrogens is 184 g/mol. The van der Waals surface area contributed by atoms with Crippen LogP contribution in [0.5, 0.6) is 0 Å². The van der Waals surface area contributed by atoms with E-state index in [-0.39, 0.29) is 0 Å². The normalized spacial score (nSPS) is 27.9. The van der Waals surface area contributed by atoms with Gasteiger partial charge in [0.25, 0.3) is 0 Å². The number of hydrogen-bond donors (Lipinski definition) is 1. The quantitative estimate of drug-likeness (QED) is 0.800. The van der Waals surface area contributed by atoms with Gasteiger partial charge in [0.05, 0.1) is 0 Å². The van der Waals surface area contributed by atoms with Crippen LogP contribution in [-0.4, -0.2) is 24.0 Å². The summed E-state index contributed by atoms with van der Waals surface area (Å²) in [6.45, 7) is 4.48. The number of rotatable bonds is 2. The Morgan fingerprint density at radius 3 is 2.73 bits per heavy atom. The Morgan fingerprint density at radius 1 is 1.33 bits per heavy atom. The molecule has 15 heavy (non-hydrogen) atoms. The summed E-state index contributed by atoms with van der Waals surface area (Å²) in [6, 6.07) is 11.6. The van der Waals surface area contributed by atoms with Crippen LogP contribution in [0.2, 0.25) is 0 Å². The number of likely N-dealkylation sites (tertiary alicyclic amines) is 1. The van der Waals surface area contributed by atoms with Crippen LogP contribution in [0, 0.1) is 0 Å². The molecule has 0 saturated carbocycles. The van der Waals surface area contributed by atoms with Crippen LogP contribution < -0.4 is 5.73 Å². The third-order valence-electron chi connectivity index (χ3n) is 3.34. The molecule has 1 fully saturated rings. The Kier molecular flexibility index (Phi) is 3.39. The molecule has 0 bridgehead atoms. The molecule has 1 heterocycles. The Balaban J connectivity index is 2.17. The molecule has 2 rings (SSSR count). The molecule has 0 radical (unpaired) electrons. The summed E-state index contributed by atoms with van der Waals surface area (Å²) in [5, 5.41) is 0. The lowest BCUT2D eigenvalue weighted by Crippen LogP contribution is -2.41. The van der Waals surface area contributed by atoms with Gasteiger partial charge in [0, 0.05) is 18.6 Å². The molecule has 2 nitrogen and oxygen atoms in total. The highest BCUT2D eigenvalue weighted by Gasteiger charge is 2.26. The molecule has 1 aromatic rings. The van der Waals surface area contributed by atoms with Gasteiger partial charge < -0.3 is 5.73 Å². The van der Waals surface area contributed by atoms with Gasteiger partial charge in [-0.25, -0.2) is 0 Å². The highest BCUT2D eigenvalue weighted by atomic mass is 15.2. The van der Waals surface area contributed by atoms with Crippen molar-refractivity contribution in [2.75, 3.05) is 13.1 Å². The second kappa shape index (κ2) is 4.77. The lowest BCUT2D eigenvalue weighted by molar-refractivity contribution is 0.143. The Hall–Kier alpha value is -0.860. The SMILES string of the molecule is CCN1CC[C@@H](N)C[C@H]1c1ccccc1. The van der Waals surface area contributed by atoms with E-state index in [1.807, 2.05) is 0 Å². The molecule has 0 amide bonds. The zero-order valence-corrected chi connectivity index (χ0v) is 9.39. The molecule has 0 aliphatic carbocycles. The monoisotopic (exact) mass is 204 g/mol. The van der Waals surface area contributed by atoms with Crippen molar-refractivity contribution in [2.24, 2.45) is 5.73 Å². The van der Waals surface area contributed by atoms with Crippen LogP contribution in [0.3, 0.4) is 0 Å². The summed E-state index contributed by atoms with van der Waals surface area (Å²) >= 11 is 0. The first kappa shape index (κ1) is 10.7. The van der Waals surface area contributed by atoms with Gasteiger partial charge in [0.2, 0.25) is 0 Å². The molecule has 0 unspecified atom stereocenters. The van der Waals surface area contributed by atoms with E-state index < -0.39 is 0 Å². The zero-order chi connectivity index (χ0) is 10.7. The molecule has 1 aliphatic heterocycles. The van der Waals surface area contributed by atoms with Gasteiger partial charge in [0.15, 0.2) is 0 Å². The van der Waals surface area contributed by atoms with Gasteiger partial charge in [-0.2, -0.15) is 0 Å². The minimum atomic E-state index is 0.373. The van der Waals surface area contributed by atoms with Crippen molar-refractivity contribution < 1.29 is 0 Å². The molecule has 1 saturated heterocycles. The molecule has 1 aromatic carbocycles. The fraction of sp³-hybridized carbons (Fsp3) is 0.538. The van der Waals surface area contributed by atoms with Crippen molar-refractivity contribution in [3.05, 3.63) is 35.9 Å². The van der Waals surface area contributed by atoms with Gasteiger partial charge in [-0.1, -0.05) is 37.3 Å². The fourth-order valence-corrected chi connectivity index (χ4v) is 2.44. The van der Waals surface area contributed by atoms with Gasteiger partial charge in [-0.15, -0.1) is 0 Å². The Morgan fingerprint density at radius 2 is 2.07 bits per heavy atom. The highest BCUT2D eigenvalue weighted by Crippen LogP contribution is 2.29. The maximum absolute atomic E-state index is 6.05. The predicted molar refractivity (Wildman–Crippen MR) is 63.6 cm³/mol. The molecule has 1 aliphatic rings. The third-order valence-corrected chi connectivity index (χ3v) is 3.34. The fourth-order valence-electron chi connectivity index (χ4n) is 2.44. The summed E-state index contributed by atoms with van der Waals surface area (Å²) in [6.07, 6.45) is 2.23. The van der Waals surface area contributed by atoms with E-state index in [2.05, 4.69) is 42.2 Å². The van der Waals surface area contributed by atoms with Crippen LogP contribution >= 0.6 is 0 Å². The van der Waals surface area contributed by atoms with E-state index in [1.54, 1.807) is 0 Å². The smallest absolute Gasteiger partial charge is 0.0362 e. The standard InChI is InChI=1S/C13H20N2/c1-2-15-9-8-12(14)10-13(15)11-6-4-3-5-7-11/h3-7,12-13H,2,8-10,14H2,1H3/t12-,13+/m1/s1. The van der Waals surface area contributed by atoms with Crippen LogP contribution in [0.1, 0.15) is 31.4 Å². The summed E-state index contributed by atoms with van der Waals surface area (Å²) in [5.41, 5.74) is 7.46. The van der Waals surface area contributed by atoms with E-state index in [0.717, 1.165) is 25.9 Å². The van der Waals surface area contributed by atoms with Gasteiger partial charge in [0.1, 0.15) is 0 Å². The predicted octanol–water partition coefficient (Wildman–Crippen LogP) is 2.17. The van der Waals surface area contributed by atoms with Crippen LogP contribution in [0.15, 0.2) is 30.3 Å². The van der Waals surface area contributed by atoms with E-state index in [9.17, 15) is 0 Å². The first-order valence-electron chi connectivity index (χ1n) is 5.86. The topological polar surface area (TPSA) is 29.3 Å². The van der Waals surface area contributed by atoms with Gasteiger partial charge in [-0.05, 0) is 24.9 Å². The van der Waals surface area contributed by atoms with E-state index in [1.165, 1.54) is 5.56 Å². The Bertz CT molecular complexity index is 297. The molecular formula is C13H20N2. The van der Waals surface area contributed by atoms with Crippen LogP contribution in [-0.2, 0) is 0 Å². The number of piperidine rings is 1. The molecule has 0 spiro atoms. The average molecular weight is 204 g/mol. The molecule has 82 valence electrons. The lowest BCUT2D eigenvalue weighted by Gasteiger charge is -2.38. The number of hydrogen-bond acceptors (Lipinski definition) is 2. The van der Waals surface area contributed by atoms with Gasteiger partial charge >= 0.3 is 0 Å². The highest BCUT2D eigenvalue weighted by molar-refractivity contribution is 5.20. The zero-order valence-electron chi connectivity index (χ0n) is 9.39. The van der Waals surface area contributed by atoms with Crippen molar-refractivity contribution in [1.29, 1.82) is 0 Å². The van der Waals surface area contributed by atoms with Crippen LogP contribution in [0.4, 0.5) is 0 Å². The summed E-state index contributed by atoms with van der Waals surface area (Å²) < 4.78 is 0. The summed E-state index contributed by atoms with van der Waals surface area (Å²) in [4.78, 5) is 2.53.